The van der Waals surface area contributed by atoms with Gasteiger partial charge in [-0.1, -0.05) is 13.8 Å². The molecule has 2 N–H and O–H groups in total. The highest BCUT2D eigenvalue weighted by Crippen LogP contribution is 2.19. The highest BCUT2D eigenvalue weighted by Gasteiger charge is 2.21. The van der Waals surface area contributed by atoms with Crippen LogP contribution in [0.5, 0.6) is 0 Å². The molecule has 0 radical (unpaired) electrons. The molecule has 0 aliphatic heterocycles. The first kappa shape index (κ1) is 13.0. The zero-order valence-electron chi connectivity index (χ0n) is 9.16. The molecule has 5 heteroatoms. The van der Waals surface area contributed by atoms with E-state index >= 15 is 0 Å². The van der Waals surface area contributed by atoms with Gasteiger partial charge in [-0.2, -0.15) is 4.39 Å². The fraction of sp³-hybridized carbons (Fsp3) is 0.455. The van der Waals surface area contributed by atoms with E-state index in [-0.39, 0.29) is 5.69 Å². The Balaban J connectivity index is 2.81. The third kappa shape index (κ3) is 2.95. The zero-order valence-corrected chi connectivity index (χ0v) is 9.16. The normalized spacial score (nSPS) is 11.2. The lowest BCUT2D eigenvalue weighted by Crippen LogP contribution is -2.78. The molecule has 1 rings (SSSR count). The van der Waals surface area contributed by atoms with Gasteiger partial charge in [-0.05, 0) is 12.3 Å². The van der Waals surface area contributed by atoms with Crippen LogP contribution in [-0.2, 0) is 0 Å². The summed E-state index contributed by atoms with van der Waals surface area (Å²) in [4.78, 5) is 0. The smallest absolute Gasteiger partial charge is 0.222 e. The van der Waals surface area contributed by atoms with Gasteiger partial charge < -0.3 is 5.32 Å². The molecule has 0 atom stereocenters. The van der Waals surface area contributed by atoms with Crippen molar-refractivity contribution in [3.8, 4) is 0 Å². The highest BCUT2D eigenvalue weighted by atomic mass is 19.2. The van der Waals surface area contributed by atoms with Gasteiger partial charge in [0.05, 0.1) is 6.54 Å². The molecule has 16 heavy (non-hydrogen) atoms. The second-order valence-corrected chi connectivity index (χ2v) is 4.06. The predicted molar refractivity (Wildman–Crippen MR) is 52.2 cm³/mol. The Kier molecular flexibility index (Phi) is 4.29. The fourth-order valence-corrected chi connectivity index (χ4v) is 1.31. The van der Waals surface area contributed by atoms with Crippen LogP contribution in [0.15, 0.2) is 6.07 Å². The van der Waals surface area contributed by atoms with E-state index in [1.54, 1.807) is 0 Å². The van der Waals surface area contributed by atoms with Crippen LogP contribution in [0.3, 0.4) is 0 Å². The number of halogens is 4. The average Bonchev–Trinajstić information content (AvgIpc) is 2.22. The molecular formula is C11H14F4N+. The fourth-order valence-electron chi connectivity index (χ4n) is 1.31. The van der Waals surface area contributed by atoms with Gasteiger partial charge in [-0.25, -0.2) is 13.2 Å². The summed E-state index contributed by atoms with van der Waals surface area (Å²) >= 11 is 0. The van der Waals surface area contributed by atoms with Crippen molar-refractivity contribution >= 4 is 5.69 Å². The van der Waals surface area contributed by atoms with Crippen molar-refractivity contribution in [2.75, 3.05) is 6.54 Å². The van der Waals surface area contributed by atoms with E-state index in [0.717, 1.165) is 6.42 Å². The molecule has 0 saturated carbocycles. The molecule has 0 heterocycles. The summed E-state index contributed by atoms with van der Waals surface area (Å²) in [7, 11) is 0. The Bertz CT molecular complexity index is 377. The molecule has 1 nitrogen and oxygen atoms in total. The molecule has 0 saturated heterocycles. The molecule has 0 spiro atoms. The van der Waals surface area contributed by atoms with E-state index in [4.69, 9.17) is 0 Å². The molecule has 0 aliphatic rings. The van der Waals surface area contributed by atoms with Gasteiger partial charge in [-0.3, -0.25) is 0 Å². The summed E-state index contributed by atoms with van der Waals surface area (Å²) in [6.07, 6.45) is 0.778. The van der Waals surface area contributed by atoms with E-state index in [0.29, 0.717) is 18.5 Å². The Hall–Kier alpha value is -1.10. The summed E-state index contributed by atoms with van der Waals surface area (Å²) in [6, 6.07) is 0.675. The molecule has 0 amide bonds. The predicted octanol–water partition coefficient (Wildman–Crippen LogP) is 2.48. The van der Waals surface area contributed by atoms with E-state index in [2.05, 4.69) is 0 Å². The summed E-state index contributed by atoms with van der Waals surface area (Å²) in [6.45, 7) is 4.46. The van der Waals surface area contributed by atoms with Crippen molar-refractivity contribution in [2.45, 2.75) is 20.3 Å². The summed E-state index contributed by atoms with van der Waals surface area (Å²) in [5.74, 6) is -5.80. The second-order valence-electron chi connectivity index (χ2n) is 4.06. The van der Waals surface area contributed by atoms with Crippen LogP contribution in [0.2, 0.25) is 0 Å². The van der Waals surface area contributed by atoms with Crippen molar-refractivity contribution in [3.63, 3.8) is 0 Å². The minimum absolute atomic E-state index is 0.225. The Morgan fingerprint density at radius 1 is 1.06 bits per heavy atom. The van der Waals surface area contributed by atoms with Crippen LogP contribution in [-0.4, -0.2) is 6.54 Å². The minimum Gasteiger partial charge on any atom is -0.311 e. The molecule has 0 fully saturated rings. The number of rotatable bonds is 4. The van der Waals surface area contributed by atoms with Gasteiger partial charge in [0.2, 0.25) is 11.6 Å². The summed E-state index contributed by atoms with van der Waals surface area (Å²) in [5, 5.41) is 1.38. The Labute approximate surface area is 91.5 Å². The molecule has 90 valence electrons. The third-order valence-corrected chi connectivity index (χ3v) is 2.24. The standard InChI is InChI=1S/C11H13F4N/c1-6(2)3-4-16-8-5-7(12)9(13)11(15)10(8)14/h5-6,16H,3-4H2,1-2H3/p+1. The van der Waals surface area contributed by atoms with Crippen LogP contribution in [0.4, 0.5) is 23.2 Å². The Morgan fingerprint density at radius 2 is 1.69 bits per heavy atom. The lowest BCUT2D eigenvalue weighted by Gasteiger charge is -2.06. The maximum absolute atomic E-state index is 13.2. The topological polar surface area (TPSA) is 16.6 Å². The van der Waals surface area contributed by atoms with Crippen molar-refractivity contribution in [1.82, 2.24) is 0 Å². The van der Waals surface area contributed by atoms with Gasteiger partial charge >= 0.3 is 0 Å². The van der Waals surface area contributed by atoms with E-state index in [9.17, 15) is 17.6 Å². The molecule has 1 aromatic rings. The quantitative estimate of drug-likeness (QED) is 0.358. The monoisotopic (exact) mass is 236 g/mol. The van der Waals surface area contributed by atoms with E-state index in [1.165, 1.54) is 5.32 Å². The van der Waals surface area contributed by atoms with Gasteiger partial charge in [0.25, 0.3) is 0 Å². The van der Waals surface area contributed by atoms with E-state index in [1.807, 2.05) is 13.8 Å². The van der Waals surface area contributed by atoms with Gasteiger partial charge in [0.15, 0.2) is 17.3 Å². The number of benzene rings is 1. The van der Waals surface area contributed by atoms with Crippen LogP contribution < -0.4 is 5.32 Å². The van der Waals surface area contributed by atoms with Crippen molar-refractivity contribution in [1.29, 1.82) is 0 Å². The zero-order chi connectivity index (χ0) is 12.3. The molecular weight excluding hydrogens is 222 g/mol. The van der Waals surface area contributed by atoms with Gasteiger partial charge in [-0.15, -0.1) is 0 Å². The van der Waals surface area contributed by atoms with Crippen molar-refractivity contribution in [3.05, 3.63) is 29.3 Å². The number of quaternary nitrogens is 1. The summed E-state index contributed by atoms with van der Waals surface area (Å²) < 4.78 is 51.4. The van der Waals surface area contributed by atoms with Gasteiger partial charge in [0.1, 0.15) is 0 Å². The molecule has 0 bridgehead atoms. The van der Waals surface area contributed by atoms with E-state index < -0.39 is 23.3 Å². The average molecular weight is 236 g/mol. The molecule has 0 aliphatic carbocycles. The van der Waals surface area contributed by atoms with Gasteiger partial charge in [0, 0.05) is 6.07 Å². The second kappa shape index (κ2) is 5.30. The van der Waals surface area contributed by atoms with Crippen LogP contribution in [0, 0.1) is 29.2 Å². The molecule has 0 unspecified atom stereocenters. The van der Waals surface area contributed by atoms with Crippen LogP contribution in [0.1, 0.15) is 20.3 Å². The lowest BCUT2D eigenvalue weighted by atomic mass is 10.1. The number of hydrogen-bond donors (Lipinski definition) is 1. The first-order valence-corrected chi connectivity index (χ1v) is 5.09. The van der Waals surface area contributed by atoms with Crippen LogP contribution in [0.25, 0.3) is 0 Å². The molecule has 0 aromatic heterocycles. The first-order valence-electron chi connectivity index (χ1n) is 5.09. The molecule has 1 aromatic carbocycles. The minimum atomic E-state index is -1.77. The van der Waals surface area contributed by atoms with Crippen molar-refractivity contribution < 1.29 is 22.9 Å². The first-order chi connectivity index (χ1) is 7.43. The lowest BCUT2D eigenvalue weighted by molar-refractivity contribution is -0.574. The summed E-state index contributed by atoms with van der Waals surface area (Å²) in [5.41, 5.74) is -0.225. The SMILES string of the molecule is CC(C)CC[NH2+]c1cc(F)c(F)c(F)c1F. The Morgan fingerprint density at radius 3 is 2.25 bits per heavy atom. The van der Waals surface area contributed by atoms with Crippen molar-refractivity contribution in [2.24, 2.45) is 5.92 Å². The number of nitrogens with two attached hydrogens (primary N) is 1. The largest absolute Gasteiger partial charge is 0.311 e. The maximum Gasteiger partial charge on any atom is 0.222 e. The number of hydrogen-bond acceptors (Lipinski definition) is 0. The maximum atomic E-state index is 13.2. The highest BCUT2D eigenvalue weighted by molar-refractivity contribution is 5.32. The third-order valence-electron chi connectivity index (χ3n) is 2.24. The van der Waals surface area contributed by atoms with Crippen LogP contribution >= 0.6 is 0 Å².